The number of carbonyl (C=O) groups is 1. The van der Waals surface area contributed by atoms with Crippen LogP contribution in [0.1, 0.15) is 41.3 Å². The molecular weight excluding hydrogens is 446 g/mol. The van der Waals surface area contributed by atoms with Crippen molar-refractivity contribution in [3.05, 3.63) is 95.3 Å². The van der Waals surface area contributed by atoms with Gasteiger partial charge in [0.15, 0.2) is 0 Å². The number of amides is 1. The maximum absolute atomic E-state index is 13.5. The number of hydrogen-bond donors (Lipinski definition) is 0. The maximum Gasteiger partial charge on any atom is 0.243 e. The van der Waals surface area contributed by atoms with E-state index in [9.17, 15) is 13.2 Å². The van der Waals surface area contributed by atoms with Gasteiger partial charge in [0, 0.05) is 32.3 Å². The lowest BCUT2D eigenvalue weighted by atomic mass is 9.94. The van der Waals surface area contributed by atoms with Crippen LogP contribution in [-0.4, -0.2) is 48.7 Å². The molecule has 0 aliphatic carbocycles. The van der Waals surface area contributed by atoms with Crippen molar-refractivity contribution in [2.45, 2.75) is 37.6 Å². The number of pyridine rings is 1. The number of hydrogen-bond acceptors (Lipinski definition) is 4. The van der Waals surface area contributed by atoms with Crippen molar-refractivity contribution >= 4 is 15.9 Å². The molecule has 178 valence electrons. The molecule has 0 spiro atoms. The van der Waals surface area contributed by atoms with Crippen molar-refractivity contribution in [1.82, 2.24) is 14.2 Å². The molecule has 0 N–H and O–H groups in total. The lowest BCUT2D eigenvalue weighted by molar-refractivity contribution is -0.137. The van der Waals surface area contributed by atoms with Crippen molar-refractivity contribution < 1.29 is 13.2 Å². The van der Waals surface area contributed by atoms with E-state index in [4.69, 9.17) is 0 Å². The lowest BCUT2D eigenvalue weighted by Crippen LogP contribution is -2.44. The fraction of sp³-hybridized carbons (Fsp3) is 0.333. The third kappa shape index (κ3) is 4.91. The van der Waals surface area contributed by atoms with Crippen molar-refractivity contribution in [1.29, 1.82) is 0 Å². The number of rotatable bonds is 6. The van der Waals surface area contributed by atoms with Crippen molar-refractivity contribution in [3.8, 4) is 0 Å². The van der Waals surface area contributed by atoms with Gasteiger partial charge in [0.25, 0.3) is 0 Å². The summed E-state index contributed by atoms with van der Waals surface area (Å²) in [5.74, 6) is -0.214. The van der Waals surface area contributed by atoms with Gasteiger partial charge in [-0.3, -0.25) is 9.78 Å². The molecule has 1 saturated heterocycles. The Labute approximate surface area is 202 Å². The van der Waals surface area contributed by atoms with E-state index in [-0.39, 0.29) is 17.9 Å². The summed E-state index contributed by atoms with van der Waals surface area (Å²) in [5, 5.41) is 0. The summed E-state index contributed by atoms with van der Waals surface area (Å²) >= 11 is 0. The third-order valence-electron chi connectivity index (χ3n) is 6.57. The summed E-state index contributed by atoms with van der Waals surface area (Å²) in [5.41, 5.74) is 3.58. The smallest absolute Gasteiger partial charge is 0.243 e. The lowest BCUT2D eigenvalue weighted by Gasteiger charge is -2.35. The first-order valence-corrected chi connectivity index (χ1v) is 13.0. The number of sulfonamides is 1. The summed E-state index contributed by atoms with van der Waals surface area (Å²) in [4.78, 5) is 20.2. The highest BCUT2D eigenvalue weighted by molar-refractivity contribution is 7.89. The first-order valence-electron chi connectivity index (χ1n) is 11.6. The van der Waals surface area contributed by atoms with E-state index >= 15 is 0 Å². The number of carbonyl (C=O) groups excluding carboxylic acids is 1. The molecule has 4 rings (SSSR count). The first-order chi connectivity index (χ1) is 16.3. The highest BCUT2D eigenvalue weighted by Crippen LogP contribution is 2.31. The minimum atomic E-state index is -3.58. The van der Waals surface area contributed by atoms with Gasteiger partial charge >= 0.3 is 0 Å². The second kappa shape index (κ2) is 10.1. The zero-order chi connectivity index (χ0) is 24.3. The summed E-state index contributed by atoms with van der Waals surface area (Å²) in [7, 11) is -1.77. The molecule has 7 heteroatoms. The minimum Gasteiger partial charge on any atom is -0.333 e. The van der Waals surface area contributed by atoms with Gasteiger partial charge < -0.3 is 4.90 Å². The quantitative estimate of drug-likeness (QED) is 0.529. The topological polar surface area (TPSA) is 70.6 Å². The molecule has 1 aromatic heterocycles. The Hall–Kier alpha value is -3.03. The van der Waals surface area contributed by atoms with E-state index in [1.807, 2.05) is 81.6 Å². The van der Waals surface area contributed by atoms with Gasteiger partial charge in [-0.25, -0.2) is 8.42 Å². The Kier molecular flexibility index (Phi) is 7.14. The van der Waals surface area contributed by atoms with Crippen LogP contribution < -0.4 is 0 Å². The van der Waals surface area contributed by atoms with Gasteiger partial charge in [-0.05, 0) is 56.0 Å². The van der Waals surface area contributed by atoms with Crippen LogP contribution >= 0.6 is 0 Å². The Bertz CT molecular complexity index is 1200. The molecule has 1 fully saturated rings. The van der Waals surface area contributed by atoms with Crippen LogP contribution in [0.5, 0.6) is 0 Å². The molecule has 6 nitrogen and oxygen atoms in total. The molecule has 0 unspecified atom stereocenters. The van der Waals surface area contributed by atoms with Crippen LogP contribution in [0.2, 0.25) is 0 Å². The summed E-state index contributed by atoms with van der Waals surface area (Å²) in [6.07, 6.45) is 2.73. The molecule has 0 saturated carbocycles. The minimum absolute atomic E-state index is 0.0167. The van der Waals surface area contributed by atoms with Crippen molar-refractivity contribution in [2.75, 3.05) is 20.1 Å². The Morgan fingerprint density at radius 1 is 1.00 bits per heavy atom. The van der Waals surface area contributed by atoms with Crippen molar-refractivity contribution in [2.24, 2.45) is 5.92 Å². The number of aryl methyl sites for hydroxylation is 2. The van der Waals surface area contributed by atoms with Gasteiger partial charge in [0.1, 0.15) is 0 Å². The fourth-order valence-electron chi connectivity index (χ4n) is 4.75. The van der Waals surface area contributed by atoms with Gasteiger partial charge in [-0.1, -0.05) is 54.1 Å². The van der Waals surface area contributed by atoms with Crippen LogP contribution in [0, 0.1) is 19.8 Å². The number of piperidine rings is 1. The Morgan fingerprint density at radius 2 is 1.68 bits per heavy atom. The summed E-state index contributed by atoms with van der Waals surface area (Å²) < 4.78 is 28.0. The molecule has 1 aliphatic heterocycles. The zero-order valence-corrected chi connectivity index (χ0v) is 20.7. The van der Waals surface area contributed by atoms with Gasteiger partial charge in [-0.2, -0.15) is 4.31 Å². The third-order valence-corrected chi connectivity index (χ3v) is 8.63. The van der Waals surface area contributed by atoms with Crippen LogP contribution in [0.3, 0.4) is 0 Å². The van der Waals surface area contributed by atoms with Gasteiger partial charge in [-0.15, -0.1) is 0 Å². The first kappa shape index (κ1) is 24.1. The monoisotopic (exact) mass is 477 g/mol. The average Bonchev–Trinajstić information content (AvgIpc) is 2.85. The zero-order valence-electron chi connectivity index (χ0n) is 19.9. The number of benzene rings is 2. The summed E-state index contributed by atoms with van der Waals surface area (Å²) in [6, 6.07) is 20.7. The van der Waals surface area contributed by atoms with E-state index in [1.165, 1.54) is 4.31 Å². The molecule has 0 bridgehead atoms. The second-order valence-electron chi connectivity index (χ2n) is 8.96. The fourth-order valence-corrected chi connectivity index (χ4v) is 6.43. The van der Waals surface area contributed by atoms with Crippen LogP contribution in [0.25, 0.3) is 0 Å². The molecule has 34 heavy (non-hydrogen) atoms. The van der Waals surface area contributed by atoms with E-state index in [2.05, 4.69) is 4.98 Å². The predicted octanol–water partition coefficient (Wildman–Crippen LogP) is 4.35. The average molecular weight is 478 g/mol. The summed E-state index contributed by atoms with van der Waals surface area (Å²) in [6.45, 7) is 4.44. The highest BCUT2D eigenvalue weighted by Gasteiger charge is 2.35. The standard InChI is InChI=1S/C27H31N3O3S/c1-20-12-13-25(21(2)19-20)34(32,33)30-17-14-23(15-18-30)27(31)29(3)26(22-9-5-4-6-10-22)24-11-7-8-16-28-24/h4-13,16,19,23,26H,14-15,17-18H2,1-3H3/t26-/m0/s1. The van der Waals surface area contributed by atoms with E-state index in [1.54, 1.807) is 17.2 Å². The van der Waals surface area contributed by atoms with E-state index < -0.39 is 10.0 Å². The molecular formula is C27H31N3O3S. The Morgan fingerprint density at radius 3 is 2.29 bits per heavy atom. The van der Waals surface area contributed by atoms with Gasteiger partial charge in [0.2, 0.25) is 15.9 Å². The van der Waals surface area contributed by atoms with Crippen LogP contribution in [-0.2, 0) is 14.8 Å². The maximum atomic E-state index is 13.5. The van der Waals surface area contributed by atoms with Crippen LogP contribution in [0.15, 0.2) is 77.8 Å². The molecule has 0 radical (unpaired) electrons. The second-order valence-corrected chi connectivity index (χ2v) is 10.9. The Balaban J connectivity index is 1.50. The largest absolute Gasteiger partial charge is 0.333 e. The van der Waals surface area contributed by atoms with E-state index in [0.717, 1.165) is 22.4 Å². The van der Waals surface area contributed by atoms with E-state index in [0.29, 0.717) is 30.8 Å². The normalized spacial score (nSPS) is 16.2. The molecule has 1 atom stereocenters. The van der Waals surface area contributed by atoms with Gasteiger partial charge in [0.05, 0.1) is 16.6 Å². The number of aromatic nitrogens is 1. The van der Waals surface area contributed by atoms with Crippen LogP contribution in [0.4, 0.5) is 0 Å². The van der Waals surface area contributed by atoms with Crippen molar-refractivity contribution in [3.63, 3.8) is 0 Å². The number of nitrogens with zero attached hydrogens (tertiary/aromatic N) is 3. The molecule has 3 aromatic rings. The molecule has 1 aliphatic rings. The highest BCUT2D eigenvalue weighted by atomic mass is 32.2. The molecule has 2 aromatic carbocycles. The predicted molar refractivity (Wildman–Crippen MR) is 133 cm³/mol. The molecule has 1 amide bonds. The molecule has 2 heterocycles. The SMILES string of the molecule is Cc1ccc(S(=O)(=O)N2CCC(C(=O)N(C)[C@@H](c3ccccc3)c3ccccn3)CC2)c(C)c1.